The fourth-order valence-corrected chi connectivity index (χ4v) is 2.58. The van der Waals surface area contributed by atoms with Gasteiger partial charge >= 0.3 is 6.09 Å². The Labute approximate surface area is 147 Å². The monoisotopic (exact) mass is 345 g/mol. The molecule has 1 aromatic rings. The maximum absolute atomic E-state index is 12.2. The fraction of sp³-hybridized carbons (Fsp3) is 0.389. The molecule has 2 N–H and O–H groups in total. The average Bonchev–Trinajstić information content (AvgIpc) is 2.65. The number of hydrogen-bond donors (Lipinski definition) is 2. The van der Waals surface area contributed by atoms with Gasteiger partial charge in [0, 0.05) is 25.1 Å². The van der Waals surface area contributed by atoms with Crippen LogP contribution in [0.5, 0.6) is 0 Å². The number of nitrogens with zero attached hydrogens (tertiary/aromatic N) is 1. The predicted octanol–water partition coefficient (Wildman–Crippen LogP) is 1.72. The standard InChI is InChI=1S/C18H23N3O4/c1-2-25-18(24)20-19-17(23)15-10-12-21(13-11-15)16(22)9-8-14-6-4-3-5-7-14/h3-9,15H,2,10-13H2,1H3,(H,19,23)(H,20,24)/b9-8+. The first kappa shape index (κ1) is 18.5. The molecule has 1 heterocycles. The Hall–Kier alpha value is -2.83. The van der Waals surface area contributed by atoms with E-state index in [9.17, 15) is 14.4 Å². The van der Waals surface area contributed by atoms with Crippen LogP contribution in [-0.4, -0.2) is 42.5 Å². The second-order valence-corrected chi connectivity index (χ2v) is 5.68. The van der Waals surface area contributed by atoms with Gasteiger partial charge in [0.1, 0.15) is 0 Å². The average molecular weight is 345 g/mol. The quantitative estimate of drug-likeness (QED) is 0.642. The number of carbonyl (C=O) groups is 3. The zero-order valence-electron chi connectivity index (χ0n) is 14.2. The van der Waals surface area contributed by atoms with Crippen molar-refractivity contribution in [3.05, 3.63) is 42.0 Å². The Morgan fingerprint density at radius 3 is 2.48 bits per heavy atom. The molecule has 0 aliphatic carbocycles. The van der Waals surface area contributed by atoms with Crippen molar-refractivity contribution >= 4 is 24.0 Å². The molecule has 134 valence electrons. The molecule has 25 heavy (non-hydrogen) atoms. The van der Waals surface area contributed by atoms with Crippen molar-refractivity contribution in [2.45, 2.75) is 19.8 Å². The molecule has 1 aromatic carbocycles. The minimum atomic E-state index is -0.686. The number of rotatable bonds is 4. The molecule has 1 aliphatic heterocycles. The topological polar surface area (TPSA) is 87.7 Å². The lowest BCUT2D eigenvalue weighted by molar-refractivity contribution is -0.132. The summed E-state index contributed by atoms with van der Waals surface area (Å²) in [5, 5.41) is 0. The Balaban J connectivity index is 1.75. The number of nitrogens with one attached hydrogen (secondary N) is 2. The molecule has 1 saturated heterocycles. The summed E-state index contributed by atoms with van der Waals surface area (Å²) < 4.78 is 4.67. The van der Waals surface area contributed by atoms with Crippen LogP contribution < -0.4 is 10.9 Å². The lowest BCUT2D eigenvalue weighted by atomic mass is 9.96. The minimum absolute atomic E-state index is 0.0626. The third-order valence-corrected chi connectivity index (χ3v) is 3.96. The SMILES string of the molecule is CCOC(=O)NNC(=O)C1CCN(C(=O)/C=C/c2ccccc2)CC1. The van der Waals surface area contributed by atoms with Crippen molar-refractivity contribution in [1.82, 2.24) is 15.8 Å². The molecular formula is C18H23N3O4. The Morgan fingerprint density at radius 1 is 1.16 bits per heavy atom. The number of benzene rings is 1. The first-order valence-corrected chi connectivity index (χ1v) is 8.34. The van der Waals surface area contributed by atoms with Gasteiger partial charge in [0.05, 0.1) is 6.61 Å². The molecule has 1 aliphatic rings. The highest BCUT2D eigenvalue weighted by atomic mass is 16.5. The summed E-state index contributed by atoms with van der Waals surface area (Å²) >= 11 is 0. The maximum atomic E-state index is 12.2. The highest BCUT2D eigenvalue weighted by Crippen LogP contribution is 2.17. The van der Waals surface area contributed by atoms with Gasteiger partial charge in [0.15, 0.2) is 0 Å². The Morgan fingerprint density at radius 2 is 1.84 bits per heavy atom. The first-order chi connectivity index (χ1) is 12.1. The van der Waals surface area contributed by atoms with Gasteiger partial charge in [0.25, 0.3) is 0 Å². The molecule has 0 bridgehead atoms. The molecule has 3 amide bonds. The van der Waals surface area contributed by atoms with Crippen molar-refractivity contribution in [2.24, 2.45) is 5.92 Å². The molecule has 0 spiro atoms. The van der Waals surface area contributed by atoms with Crippen LogP contribution >= 0.6 is 0 Å². The van der Waals surface area contributed by atoms with Gasteiger partial charge in [-0.05, 0) is 31.4 Å². The van der Waals surface area contributed by atoms with Crippen molar-refractivity contribution in [3.63, 3.8) is 0 Å². The second kappa shape index (κ2) is 9.46. The molecule has 2 rings (SSSR count). The first-order valence-electron chi connectivity index (χ1n) is 8.34. The normalized spacial score (nSPS) is 15.0. The van der Waals surface area contributed by atoms with Crippen LogP contribution in [0.15, 0.2) is 36.4 Å². The van der Waals surface area contributed by atoms with E-state index in [1.54, 1.807) is 24.0 Å². The highest BCUT2D eigenvalue weighted by molar-refractivity contribution is 5.92. The summed E-state index contributed by atoms with van der Waals surface area (Å²) in [6.45, 7) is 2.93. The molecule has 7 heteroatoms. The van der Waals surface area contributed by atoms with Crippen LogP contribution in [-0.2, 0) is 14.3 Å². The summed E-state index contributed by atoms with van der Waals surface area (Å²) in [7, 11) is 0. The third-order valence-electron chi connectivity index (χ3n) is 3.96. The van der Waals surface area contributed by atoms with Gasteiger partial charge in [-0.15, -0.1) is 0 Å². The number of amides is 3. The third kappa shape index (κ3) is 5.95. The molecule has 0 saturated carbocycles. The van der Waals surface area contributed by atoms with Gasteiger partial charge in [0.2, 0.25) is 11.8 Å². The van der Waals surface area contributed by atoms with E-state index < -0.39 is 6.09 Å². The van der Waals surface area contributed by atoms with E-state index in [0.717, 1.165) is 5.56 Å². The van der Waals surface area contributed by atoms with Gasteiger partial charge < -0.3 is 9.64 Å². The molecule has 0 radical (unpaired) electrons. The minimum Gasteiger partial charge on any atom is -0.449 e. The van der Waals surface area contributed by atoms with E-state index in [1.807, 2.05) is 30.3 Å². The Kier molecular flexibility index (Phi) is 7.00. The zero-order valence-corrected chi connectivity index (χ0v) is 14.2. The molecule has 0 unspecified atom stereocenters. The fourth-order valence-electron chi connectivity index (χ4n) is 2.58. The van der Waals surface area contributed by atoms with E-state index in [4.69, 9.17) is 0 Å². The number of likely N-dealkylation sites (tertiary alicyclic amines) is 1. The van der Waals surface area contributed by atoms with Crippen molar-refractivity contribution in [3.8, 4) is 0 Å². The molecular weight excluding hydrogens is 322 g/mol. The second-order valence-electron chi connectivity index (χ2n) is 5.68. The summed E-state index contributed by atoms with van der Waals surface area (Å²) in [6, 6.07) is 9.61. The largest absolute Gasteiger partial charge is 0.449 e. The van der Waals surface area contributed by atoms with Crippen molar-refractivity contribution in [2.75, 3.05) is 19.7 Å². The van der Waals surface area contributed by atoms with Crippen molar-refractivity contribution < 1.29 is 19.1 Å². The number of ether oxygens (including phenoxy) is 1. The Bertz CT molecular complexity index is 622. The maximum Gasteiger partial charge on any atom is 0.426 e. The van der Waals surface area contributed by atoms with Crippen LogP contribution in [0.2, 0.25) is 0 Å². The van der Waals surface area contributed by atoms with Crippen LogP contribution in [0.4, 0.5) is 4.79 Å². The van der Waals surface area contributed by atoms with E-state index in [0.29, 0.717) is 25.9 Å². The van der Waals surface area contributed by atoms with Crippen LogP contribution in [0.3, 0.4) is 0 Å². The summed E-state index contributed by atoms with van der Waals surface area (Å²) in [6.07, 6.45) is 3.76. The molecule has 1 fully saturated rings. The number of hydrogen-bond acceptors (Lipinski definition) is 4. The van der Waals surface area contributed by atoms with Crippen molar-refractivity contribution in [1.29, 1.82) is 0 Å². The van der Waals surface area contributed by atoms with Gasteiger partial charge in [-0.1, -0.05) is 30.3 Å². The summed E-state index contributed by atoms with van der Waals surface area (Å²) in [5.41, 5.74) is 5.52. The molecule has 7 nitrogen and oxygen atoms in total. The van der Waals surface area contributed by atoms with Gasteiger partial charge in [-0.3, -0.25) is 15.0 Å². The van der Waals surface area contributed by atoms with E-state index in [1.165, 1.54) is 0 Å². The molecule has 0 aromatic heterocycles. The van der Waals surface area contributed by atoms with Crippen LogP contribution in [0.1, 0.15) is 25.3 Å². The van der Waals surface area contributed by atoms with Gasteiger partial charge in [-0.25, -0.2) is 10.2 Å². The van der Waals surface area contributed by atoms with Crippen LogP contribution in [0.25, 0.3) is 6.08 Å². The highest BCUT2D eigenvalue weighted by Gasteiger charge is 2.26. The number of carbonyl (C=O) groups excluding carboxylic acids is 3. The summed E-state index contributed by atoms with van der Waals surface area (Å²) in [5.74, 6) is -0.559. The lowest BCUT2D eigenvalue weighted by Crippen LogP contribution is -2.48. The number of piperidine rings is 1. The predicted molar refractivity (Wildman–Crippen MR) is 93.1 cm³/mol. The van der Waals surface area contributed by atoms with Gasteiger partial charge in [-0.2, -0.15) is 0 Å². The van der Waals surface area contributed by atoms with Crippen LogP contribution in [0, 0.1) is 5.92 Å². The number of hydrazine groups is 1. The van der Waals surface area contributed by atoms with E-state index >= 15 is 0 Å². The van der Waals surface area contributed by atoms with E-state index in [-0.39, 0.29) is 24.3 Å². The smallest absolute Gasteiger partial charge is 0.426 e. The lowest BCUT2D eigenvalue weighted by Gasteiger charge is -2.30. The molecule has 0 atom stereocenters. The zero-order chi connectivity index (χ0) is 18.1. The van der Waals surface area contributed by atoms with E-state index in [2.05, 4.69) is 15.6 Å². The summed E-state index contributed by atoms with van der Waals surface area (Å²) in [4.78, 5) is 37.1.